The van der Waals surface area contributed by atoms with Crippen molar-refractivity contribution >= 4 is 32.3 Å². The van der Waals surface area contributed by atoms with Gasteiger partial charge in [-0.15, -0.1) is 0 Å². The van der Waals surface area contributed by atoms with Crippen molar-refractivity contribution in [1.29, 1.82) is 0 Å². The Morgan fingerprint density at radius 2 is 1.58 bits per heavy atom. The molecule has 13 atom stereocenters. The number of alkyl carbamates (subject to hydrolysis) is 1. The lowest BCUT2D eigenvalue weighted by molar-refractivity contribution is -0.345. The number of halogens is 1. The third-order valence-electron chi connectivity index (χ3n) is 15.7. The van der Waals surface area contributed by atoms with Gasteiger partial charge < -0.3 is 48.0 Å². The van der Waals surface area contributed by atoms with Crippen LogP contribution in [0, 0.1) is 16.7 Å². The third kappa shape index (κ3) is 9.16. The van der Waals surface area contributed by atoms with Crippen molar-refractivity contribution in [3.63, 3.8) is 0 Å². The number of aliphatic hydroxyl groups is 1. The minimum Gasteiger partial charge on any atom is -0.456 e. The van der Waals surface area contributed by atoms with Crippen LogP contribution in [0.3, 0.4) is 0 Å². The molecule has 14 nitrogen and oxygen atoms in total. The molecule has 1 amide bonds. The van der Waals surface area contributed by atoms with Gasteiger partial charge in [0.25, 0.3) is 0 Å². The first-order valence-electron chi connectivity index (χ1n) is 24.0. The lowest BCUT2D eigenvalue weighted by Gasteiger charge is -2.68. The van der Waals surface area contributed by atoms with E-state index in [-0.39, 0.29) is 35.2 Å². The first-order chi connectivity index (χ1) is 31.0. The summed E-state index contributed by atoms with van der Waals surface area (Å²) < 4.78 is 68.3. The van der Waals surface area contributed by atoms with Gasteiger partial charge >= 0.3 is 24.0 Å². The van der Waals surface area contributed by atoms with Crippen molar-refractivity contribution in [2.45, 2.75) is 212 Å². The second-order valence-electron chi connectivity index (χ2n) is 22.3. The molecule has 2 saturated heterocycles. The molecule has 2 N–H and O–H groups in total. The zero-order valence-corrected chi connectivity index (χ0v) is 43.2. The summed E-state index contributed by atoms with van der Waals surface area (Å²) >= 11 is 0. The van der Waals surface area contributed by atoms with Crippen LogP contribution < -0.4 is 5.32 Å². The maximum absolute atomic E-state index is 16.3. The minimum absolute atomic E-state index is 0.0453. The molecule has 2 saturated carbocycles. The van der Waals surface area contributed by atoms with E-state index >= 15 is 9.18 Å². The Hall–Kier alpha value is -3.67. The lowest BCUT2D eigenvalue weighted by atomic mass is 9.45. The molecule has 0 aromatic heterocycles. The van der Waals surface area contributed by atoms with Gasteiger partial charge in [-0.25, -0.2) is 18.8 Å². The number of fused-ring (bicyclic) bond motifs is 8. The molecule has 2 aliphatic heterocycles. The van der Waals surface area contributed by atoms with Crippen LogP contribution in [0.5, 0.6) is 0 Å². The second-order valence-corrected chi connectivity index (χ2v) is 27.7. The van der Waals surface area contributed by atoms with Crippen LogP contribution in [0.1, 0.15) is 133 Å². The Kier molecular flexibility index (Phi) is 14.9. The molecular formula is C51H76FNO13Si. The predicted molar refractivity (Wildman–Crippen MR) is 250 cm³/mol. The molecule has 16 heteroatoms. The van der Waals surface area contributed by atoms with Gasteiger partial charge in [-0.2, -0.15) is 0 Å². The SMILES string of the molecule is C=C[C@@H]1O[C@@H]2C3=C(C)[C@@H](OC(=O)[C@H](O[Si](C(C)C)(C(C)C)C(C)C)[C@@H](NC(=O)OC(C)(C)C)[C@H](C)F)C[C@@](O)([C@@H](OC(=O)c4ccccc4)[C@H]4[C@@](C)(CC[C@H]5OC[C@]54OC(C)=O)[C@@H]2O1)C3(C)C. The highest BCUT2D eigenvalue weighted by atomic mass is 28.4. The van der Waals surface area contributed by atoms with Gasteiger partial charge in [-0.3, -0.25) is 4.79 Å². The normalized spacial score (nSPS) is 33.7. The number of hydrogen-bond acceptors (Lipinski definition) is 13. The highest BCUT2D eigenvalue weighted by Gasteiger charge is 2.77. The summed E-state index contributed by atoms with van der Waals surface area (Å²) in [5, 5.41) is 16.7. The van der Waals surface area contributed by atoms with Crippen molar-refractivity contribution in [3.8, 4) is 0 Å². The molecule has 2 heterocycles. The highest BCUT2D eigenvalue weighted by Crippen LogP contribution is 2.67. The zero-order valence-electron chi connectivity index (χ0n) is 42.2. The maximum atomic E-state index is 16.3. The molecule has 4 fully saturated rings. The molecule has 67 heavy (non-hydrogen) atoms. The standard InChI is InChI=1S/C51H76FNO13Si/c1-17-36-61-39-37-30(8)34(60-45(56)40(66-67(27(2)3,28(4)5)29(6)7)38(31(9)52)53-46(57)65-47(11,12)13)25-51(58,48(37,14)15)43(63-44(55)33-21-19-18-20-22-33)41-49(16,42(39)62-36)24-23-35-50(41,26-59-35)64-32(10)54/h17-22,27-29,31,34-36,38-43,58H,1,23-26H2,2-16H3,(H,53,57)/t31-,34-,35+,36+,38-,39+,40+,41-,42+,43-,49+,50-,51+/m0/s1. The number of amides is 1. The number of carbonyl (C=O) groups excluding carboxylic acids is 4. The van der Waals surface area contributed by atoms with E-state index in [1.165, 1.54) is 19.9 Å². The Bertz CT molecular complexity index is 2050. The van der Waals surface area contributed by atoms with Gasteiger partial charge in [0.05, 0.1) is 30.2 Å². The number of nitrogens with one attached hydrogen (secondary N) is 1. The quantitative estimate of drug-likeness (QED) is 0.0784. The van der Waals surface area contributed by atoms with E-state index in [0.717, 1.165) is 0 Å². The van der Waals surface area contributed by atoms with Gasteiger partial charge in [0.2, 0.25) is 8.32 Å². The fraction of sp³-hybridized carbons (Fsp3) is 0.725. The Labute approximate surface area is 397 Å². The first-order valence-corrected chi connectivity index (χ1v) is 26.1. The summed E-state index contributed by atoms with van der Waals surface area (Å²) in [7, 11) is -3.04. The lowest BCUT2D eigenvalue weighted by Crippen LogP contribution is -2.79. The number of esters is 3. The molecule has 0 radical (unpaired) electrons. The summed E-state index contributed by atoms with van der Waals surface area (Å²) in [5.74, 6) is -3.26. The second kappa shape index (κ2) is 18.9. The van der Waals surface area contributed by atoms with Crippen LogP contribution in [0.4, 0.5) is 9.18 Å². The largest absolute Gasteiger partial charge is 0.456 e. The van der Waals surface area contributed by atoms with Crippen LogP contribution in [-0.2, 0) is 47.2 Å². The average Bonchev–Trinajstić information content (AvgIpc) is 3.64. The van der Waals surface area contributed by atoms with Gasteiger partial charge in [-0.05, 0) is 93.4 Å². The summed E-state index contributed by atoms with van der Waals surface area (Å²) in [4.78, 5) is 56.6. The van der Waals surface area contributed by atoms with Crippen molar-refractivity contribution in [2.24, 2.45) is 16.7 Å². The van der Waals surface area contributed by atoms with E-state index in [1.807, 2.05) is 62.3 Å². The monoisotopic (exact) mass is 958 g/mol. The fourth-order valence-corrected chi connectivity index (χ4v) is 18.2. The molecule has 0 spiro atoms. The van der Waals surface area contributed by atoms with Crippen molar-refractivity contribution in [2.75, 3.05) is 6.61 Å². The molecule has 2 bridgehead atoms. The topological polar surface area (TPSA) is 174 Å². The summed E-state index contributed by atoms with van der Waals surface area (Å²) in [6, 6.07) is 6.84. The van der Waals surface area contributed by atoms with Crippen LogP contribution >= 0.6 is 0 Å². The predicted octanol–water partition coefficient (Wildman–Crippen LogP) is 8.84. The Balaban J connectivity index is 1.57. The summed E-state index contributed by atoms with van der Waals surface area (Å²) in [6.45, 7) is 31.1. The van der Waals surface area contributed by atoms with Gasteiger partial charge in [-0.1, -0.05) is 87.1 Å². The molecule has 374 valence electrons. The molecule has 6 rings (SSSR count). The van der Waals surface area contributed by atoms with Crippen LogP contribution in [0.25, 0.3) is 0 Å². The molecule has 1 aromatic rings. The number of carbonyl (C=O) groups is 4. The number of rotatable bonds is 14. The van der Waals surface area contributed by atoms with Crippen molar-refractivity contribution in [3.05, 3.63) is 59.7 Å². The van der Waals surface area contributed by atoms with Crippen molar-refractivity contribution < 1.29 is 66.3 Å². The molecule has 3 aliphatic carbocycles. The molecule has 0 unspecified atom stereocenters. The molecular weight excluding hydrogens is 882 g/mol. The maximum Gasteiger partial charge on any atom is 0.408 e. The van der Waals surface area contributed by atoms with Gasteiger partial charge in [0.15, 0.2) is 18.0 Å². The van der Waals surface area contributed by atoms with E-state index in [1.54, 1.807) is 58.0 Å². The Morgan fingerprint density at radius 3 is 2.09 bits per heavy atom. The van der Waals surface area contributed by atoms with Crippen LogP contribution in [0.15, 0.2) is 54.1 Å². The van der Waals surface area contributed by atoms with Crippen molar-refractivity contribution in [1.82, 2.24) is 5.32 Å². The number of alkyl halides is 1. The third-order valence-corrected chi connectivity index (χ3v) is 21.8. The van der Waals surface area contributed by atoms with E-state index in [2.05, 4.69) is 11.9 Å². The molecule has 5 aliphatic rings. The van der Waals surface area contributed by atoms with E-state index in [9.17, 15) is 19.5 Å². The highest BCUT2D eigenvalue weighted by molar-refractivity contribution is 6.77. The average molecular weight is 958 g/mol. The summed E-state index contributed by atoms with van der Waals surface area (Å²) in [5.41, 5.74) is -5.62. The number of hydrogen-bond donors (Lipinski definition) is 2. The number of benzene rings is 1. The van der Waals surface area contributed by atoms with E-state index in [0.29, 0.717) is 24.0 Å². The number of ether oxygens (including phenoxy) is 7. The Morgan fingerprint density at radius 1 is 0.970 bits per heavy atom. The van der Waals surface area contributed by atoms with Crippen LogP contribution in [0.2, 0.25) is 16.6 Å². The summed E-state index contributed by atoms with van der Waals surface area (Å²) in [6.07, 6.45) is -8.21. The van der Waals surface area contributed by atoms with Gasteiger partial charge in [0, 0.05) is 24.2 Å². The van der Waals surface area contributed by atoms with Gasteiger partial charge in [0.1, 0.15) is 41.8 Å². The minimum atomic E-state index is -3.04. The van der Waals surface area contributed by atoms with Crippen LogP contribution in [-0.4, -0.2) is 116 Å². The van der Waals surface area contributed by atoms with E-state index in [4.69, 9.17) is 37.6 Å². The first kappa shape index (κ1) is 52.7. The molecule has 1 aromatic carbocycles. The zero-order chi connectivity index (χ0) is 50.0. The fourth-order valence-electron chi connectivity index (χ4n) is 12.7. The van der Waals surface area contributed by atoms with E-state index < -0.39 is 121 Å². The smallest absolute Gasteiger partial charge is 0.408 e.